The summed E-state index contributed by atoms with van der Waals surface area (Å²) in [6, 6.07) is 9.76. The Labute approximate surface area is 179 Å². The lowest BCUT2D eigenvalue weighted by atomic mass is 9.89. The van der Waals surface area contributed by atoms with Crippen molar-refractivity contribution in [2.24, 2.45) is 0 Å². The van der Waals surface area contributed by atoms with E-state index in [0.29, 0.717) is 29.0 Å². The van der Waals surface area contributed by atoms with Gasteiger partial charge in [-0.1, -0.05) is 12.1 Å². The molecule has 5 N–H and O–H groups in total. The molecule has 0 bridgehead atoms. The van der Waals surface area contributed by atoms with Gasteiger partial charge in [-0.3, -0.25) is 0 Å². The summed E-state index contributed by atoms with van der Waals surface area (Å²) in [6.07, 6.45) is -6.30. The van der Waals surface area contributed by atoms with Crippen LogP contribution in [-0.4, -0.2) is 76.7 Å². The van der Waals surface area contributed by atoms with Crippen LogP contribution in [0, 0.1) is 0 Å². The van der Waals surface area contributed by atoms with Crippen molar-refractivity contribution >= 4 is 5.97 Å². The van der Waals surface area contributed by atoms with Crippen LogP contribution in [0.3, 0.4) is 0 Å². The summed E-state index contributed by atoms with van der Waals surface area (Å²) in [5.74, 6) is -0.235. The molecule has 1 saturated heterocycles. The third-order valence-electron chi connectivity index (χ3n) is 5.40. The highest BCUT2D eigenvalue weighted by Crippen LogP contribution is 2.40. The zero-order valence-corrected chi connectivity index (χ0v) is 17.1. The molecule has 1 aliphatic heterocycles. The number of methoxy groups -OCH3 is 2. The van der Waals surface area contributed by atoms with Crippen molar-refractivity contribution < 1.29 is 44.5 Å². The standard InChI is InChI=1S/C22H26O9/c1-29-15-9-16(30-2)14(21-20(26)19(25)18(24)17(10-23)31-21)8-13(15)7-11-4-3-5-12(6-11)22(27)28/h3-6,8-9,17-21,23-26H,7,10H2,1-2H3,(H,27,28). The lowest BCUT2D eigenvalue weighted by Crippen LogP contribution is -2.55. The topological polar surface area (TPSA) is 146 Å². The summed E-state index contributed by atoms with van der Waals surface area (Å²) in [5, 5.41) is 49.5. The number of ether oxygens (including phenoxy) is 3. The first-order chi connectivity index (χ1) is 14.8. The van der Waals surface area contributed by atoms with Gasteiger partial charge in [-0.2, -0.15) is 0 Å². The van der Waals surface area contributed by atoms with E-state index in [4.69, 9.17) is 14.2 Å². The van der Waals surface area contributed by atoms with E-state index in [0.717, 1.165) is 5.56 Å². The maximum absolute atomic E-state index is 11.3. The van der Waals surface area contributed by atoms with Gasteiger partial charge in [0.25, 0.3) is 0 Å². The normalized spacial score (nSPS) is 25.8. The predicted octanol–water partition coefficient (Wildman–Crippen LogP) is 0.508. The Hall–Kier alpha value is -2.69. The van der Waals surface area contributed by atoms with E-state index in [9.17, 15) is 30.3 Å². The Morgan fingerprint density at radius 2 is 1.71 bits per heavy atom. The average molecular weight is 434 g/mol. The SMILES string of the molecule is COc1cc(OC)c(C2OC(CO)C(O)C(O)C2O)cc1Cc1cccc(C(=O)O)c1. The van der Waals surface area contributed by atoms with Crippen LogP contribution in [0.1, 0.15) is 33.2 Å². The minimum absolute atomic E-state index is 0.152. The Kier molecular flexibility index (Phi) is 7.14. The highest BCUT2D eigenvalue weighted by molar-refractivity contribution is 5.87. The molecule has 31 heavy (non-hydrogen) atoms. The van der Waals surface area contributed by atoms with Crippen LogP contribution in [0.4, 0.5) is 0 Å². The molecule has 0 aromatic heterocycles. The van der Waals surface area contributed by atoms with Gasteiger partial charge < -0.3 is 39.7 Å². The van der Waals surface area contributed by atoms with Crippen LogP contribution < -0.4 is 9.47 Å². The van der Waals surface area contributed by atoms with Gasteiger partial charge in [0.1, 0.15) is 42.0 Å². The second-order valence-electron chi connectivity index (χ2n) is 7.34. The fourth-order valence-electron chi connectivity index (χ4n) is 3.75. The van der Waals surface area contributed by atoms with E-state index in [2.05, 4.69) is 0 Å². The monoisotopic (exact) mass is 434 g/mol. The van der Waals surface area contributed by atoms with E-state index < -0.39 is 43.1 Å². The van der Waals surface area contributed by atoms with Crippen LogP contribution in [0.5, 0.6) is 11.5 Å². The minimum atomic E-state index is -1.53. The molecule has 0 radical (unpaired) electrons. The van der Waals surface area contributed by atoms with Crippen molar-refractivity contribution in [2.45, 2.75) is 36.9 Å². The molecule has 1 aliphatic rings. The number of aromatic carboxylic acids is 1. The van der Waals surface area contributed by atoms with Crippen molar-refractivity contribution in [1.29, 1.82) is 0 Å². The molecule has 168 valence electrons. The first kappa shape index (κ1) is 23.0. The summed E-state index contributed by atoms with van der Waals surface area (Å²) in [5.41, 5.74) is 1.93. The highest BCUT2D eigenvalue weighted by atomic mass is 16.5. The molecule has 3 rings (SSSR count). The largest absolute Gasteiger partial charge is 0.496 e. The lowest BCUT2D eigenvalue weighted by Gasteiger charge is -2.40. The number of carbonyl (C=O) groups is 1. The van der Waals surface area contributed by atoms with Crippen molar-refractivity contribution in [3.8, 4) is 11.5 Å². The Balaban J connectivity index is 2.03. The molecule has 2 aromatic carbocycles. The van der Waals surface area contributed by atoms with Gasteiger partial charge in [0.15, 0.2) is 0 Å². The number of aliphatic hydroxyl groups is 4. The maximum atomic E-state index is 11.3. The summed E-state index contributed by atoms with van der Waals surface area (Å²) in [4.78, 5) is 11.3. The summed E-state index contributed by atoms with van der Waals surface area (Å²) >= 11 is 0. The number of rotatable bonds is 7. The quantitative estimate of drug-likeness (QED) is 0.421. The van der Waals surface area contributed by atoms with Crippen LogP contribution in [0.25, 0.3) is 0 Å². The molecule has 0 amide bonds. The first-order valence-corrected chi connectivity index (χ1v) is 9.68. The third-order valence-corrected chi connectivity index (χ3v) is 5.40. The number of carboxylic acid groups (broad SMARTS) is 1. The second-order valence-corrected chi connectivity index (χ2v) is 7.34. The van der Waals surface area contributed by atoms with Crippen LogP contribution in [-0.2, 0) is 11.2 Å². The van der Waals surface area contributed by atoms with Gasteiger partial charge in [0.2, 0.25) is 0 Å². The molecular formula is C22H26O9. The Morgan fingerprint density at radius 1 is 1.00 bits per heavy atom. The molecule has 1 heterocycles. The zero-order chi connectivity index (χ0) is 22.7. The first-order valence-electron chi connectivity index (χ1n) is 9.68. The number of hydrogen-bond acceptors (Lipinski definition) is 8. The number of benzene rings is 2. The fraction of sp³-hybridized carbons (Fsp3) is 0.409. The molecule has 9 heteroatoms. The minimum Gasteiger partial charge on any atom is -0.496 e. The predicted molar refractivity (Wildman–Crippen MR) is 108 cm³/mol. The van der Waals surface area contributed by atoms with E-state index in [1.165, 1.54) is 20.3 Å². The number of carboxylic acids is 1. The Morgan fingerprint density at radius 3 is 2.32 bits per heavy atom. The van der Waals surface area contributed by atoms with Gasteiger partial charge >= 0.3 is 5.97 Å². The Bertz CT molecular complexity index is 927. The molecule has 0 aliphatic carbocycles. The number of aliphatic hydroxyl groups excluding tert-OH is 4. The summed E-state index contributed by atoms with van der Waals surface area (Å²) in [7, 11) is 2.91. The molecule has 5 unspecified atom stereocenters. The summed E-state index contributed by atoms with van der Waals surface area (Å²) in [6.45, 7) is -0.547. The van der Waals surface area contributed by atoms with Crippen LogP contribution >= 0.6 is 0 Å². The zero-order valence-electron chi connectivity index (χ0n) is 17.1. The van der Waals surface area contributed by atoms with Gasteiger partial charge in [0, 0.05) is 18.1 Å². The third kappa shape index (κ3) is 4.65. The molecule has 2 aromatic rings. The van der Waals surface area contributed by atoms with Crippen molar-refractivity contribution in [2.75, 3.05) is 20.8 Å². The van der Waals surface area contributed by atoms with Crippen LogP contribution in [0.15, 0.2) is 36.4 Å². The molecule has 5 atom stereocenters. The van der Waals surface area contributed by atoms with E-state index in [1.807, 2.05) is 0 Å². The summed E-state index contributed by atoms with van der Waals surface area (Å²) < 4.78 is 16.6. The van der Waals surface area contributed by atoms with Gasteiger partial charge in [-0.15, -0.1) is 0 Å². The van der Waals surface area contributed by atoms with E-state index >= 15 is 0 Å². The fourth-order valence-corrected chi connectivity index (χ4v) is 3.75. The van der Waals surface area contributed by atoms with Crippen molar-refractivity contribution in [3.63, 3.8) is 0 Å². The van der Waals surface area contributed by atoms with Crippen molar-refractivity contribution in [3.05, 3.63) is 58.7 Å². The lowest BCUT2D eigenvalue weighted by molar-refractivity contribution is -0.232. The molecular weight excluding hydrogens is 408 g/mol. The molecule has 0 saturated carbocycles. The van der Waals surface area contributed by atoms with Crippen molar-refractivity contribution in [1.82, 2.24) is 0 Å². The second kappa shape index (κ2) is 9.63. The van der Waals surface area contributed by atoms with Gasteiger partial charge in [-0.25, -0.2) is 4.79 Å². The maximum Gasteiger partial charge on any atom is 0.335 e. The average Bonchev–Trinajstić information content (AvgIpc) is 2.77. The smallest absolute Gasteiger partial charge is 0.335 e. The van der Waals surface area contributed by atoms with Crippen LogP contribution in [0.2, 0.25) is 0 Å². The highest BCUT2D eigenvalue weighted by Gasteiger charge is 2.45. The molecule has 9 nitrogen and oxygen atoms in total. The molecule has 1 fully saturated rings. The van der Waals surface area contributed by atoms with E-state index in [-0.39, 0.29) is 5.56 Å². The van der Waals surface area contributed by atoms with Gasteiger partial charge in [-0.05, 0) is 29.3 Å². The van der Waals surface area contributed by atoms with Gasteiger partial charge in [0.05, 0.1) is 26.4 Å². The number of hydrogen-bond donors (Lipinski definition) is 5. The molecule has 0 spiro atoms. The van der Waals surface area contributed by atoms with E-state index in [1.54, 1.807) is 30.3 Å².